The summed E-state index contributed by atoms with van der Waals surface area (Å²) in [5.74, 6) is -5.81. The summed E-state index contributed by atoms with van der Waals surface area (Å²) >= 11 is 1.70. The molecule has 0 saturated carbocycles. The van der Waals surface area contributed by atoms with E-state index in [2.05, 4.69) is 0 Å². The van der Waals surface area contributed by atoms with Crippen LogP contribution < -0.4 is 4.74 Å². The fourth-order valence-corrected chi connectivity index (χ4v) is 6.84. The Morgan fingerprint density at radius 1 is 0.929 bits per heavy atom. The number of hydrogen-bond acceptors (Lipinski definition) is 5. The van der Waals surface area contributed by atoms with Gasteiger partial charge in [-0.3, -0.25) is 4.79 Å². The maximum absolute atomic E-state index is 13.1. The molecule has 0 spiro atoms. The lowest BCUT2D eigenvalue weighted by Crippen LogP contribution is -2.40. The van der Waals surface area contributed by atoms with Crippen LogP contribution in [0.5, 0.6) is 17.2 Å². The third-order valence-corrected chi connectivity index (χ3v) is 9.57. The van der Waals surface area contributed by atoms with Gasteiger partial charge in [0.25, 0.3) is 0 Å². The van der Waals surface area contributed by atoms with Crippen molar-refractivity contribution in [2.24, 2.45) is 5.92 Å². The maximum atomic E-state index is 13.1. The number of carboxylic acids is 1. The molecule has 0 amide bonds. The molecular weight excluding hydrogens is 579 g/mol. The Hall–Kier alpha value is -2.69. The minimum absolute atomic E-state index is 0.0995. The Bertz CT molecular complexity index is 1160. The number of carboxylic acid groups (broad SMARTS) is 1. The number of aromatic hydroxyl groups is 2. The highest BCUT2D eigenvalue weighted by molar-refractivity contribution is 7.99. The van der Waals surface area contributed by atoms with E-state index < -0.39 is 36.8 Å². The Labute approximate surface area is 247 Å². The largest absolute Gasteiger partial charge is 0.508 e. The smallest absolute Gasteiger partial charge is 0.453 e. The quantitative estimate of drug-likeness (QED) is 0.129. The average molecular weight is 619 g/mol. The minimum atomic E-state index is -5.62. The molecule has 1 heterocycles. The molecule has 42 heavy (non-hydrogen) atoms. The van der Waals surface area contributed by atoms with Gasteiger partial charge in [-0.05, 0) is 61.3 Å². The molecule has 3 N–H and O–H groups in total. The highest BCUT2D eigenvalue weighted by atomic mass is 32.2. The van der Waals surface area contributed by atoms with Crippen LogP contribution in [0, 0.1) is 5.92 Å². The van der Waals surface area contributed by atoms with Crippen LogP contribution in [0.2, 0.25) is 0 Å². The Kier molecular flexibility index (Phi) is 11.8. The number of alkyl halides is 5. The van der Waals surface area contributed by atoms with Gasteiger partial charge in [0.15, 0.2) is 0 Å². The van der Waals surface area contributed by atoms with Crippen LogP contribution in [0.15, 0.2) is 42.5 Å². The van der Waals surface area contributed by atoms with E-state index in [1.54, 1.807) is 36.0 Å². The number of halogens is 5. The van der Waals surface area contributed by atoms with E-state index in [1.165, 1.54) is 0 Å². The summed E-state index contributed by atoms with van der Waals surface area (Å²) in [4.78, 5) is 11.5. The molecule has 11 heteroatoms. The predicted molar refractivity (Wildman–Crippen MR) is 153 cm³/mol. The standard InChI is InChI=1S/C31H39F5O5S/c1-42-29(22-12-14-23(37)15-13-22)20-41-27-19-24(38)16-17-25(27)26(29)11-7-5-3-2-4-6-9-21(28(39)40)10-8-18-30(32,33)31(34,35)36/h12-17,19,21,26,37-38H,2-11,18,20H2,1H3,(H,39,40)/t21-,26-,29+/m1/s1. The topological polar surface area (TPSA) is 87.0 Å². The van der Waals surface area contributed by atoms with Gasteiger partial charge in [0.05, 0.1) is 10.7 Å². The van der Waals surface area contributed by atoms with E-state index in [0.717, 1.165) is 49.7 Å². The normalized spacial score (nSPS) is 19.6. The zero-order chi connectivity index (χ0) is 31.0. The summed E-state index contributed by atoms with van der Waals surface area (Å²) in [6, 6.07) is 12.4. The van der Waals surface area contributed by atoms with Gasteiger partial charge in [0.2, 0.25) is 0 Å². The van der Waals surface area contributed by atoms with E-state index in [0.29, 0.717) is 18.8 Å². The molecule has 0 aromatic heterocycles. The summed E-state index contributed by atoms with van der Waals surface area (Å²) < 4.78 is 69.0. The summed E-state index contributed by atoms with van der Waals surface area (Å²) in [5, 5.41) is 29.2. The third kappa shape index (κ3) is 8.45. The molecule has 0 unspecified atom stereocenters. The summed E-state index contributed by atoms with van der Waals surface area (Å²) in [5.41, 5.74) is 2.07. The van der Waals surface area contributed by atoms with Crippen LogP contribution in [0.3, 0.4) is 0 Å². The van der Waals surface area contributed by atoms with E-state index >= 15 is 0 Å². The summed E-state index contributed by atoms with van der Waals surface area (Å²) in [6.45, 7) is 0.415. The van der Waals surface area contributed by atoms with E-state index in [9.17, 15) is 42.1 Å². The van der Waals surface area contributed by atoms with E-state index in [-0.39, 0.29) is 35.0 Å². The highest BCUT2D eigenvalue weighted by Crippen LogP contribution is 2.55. The van der Waals surface area contributed by atoms with Crippen LogP contribution >= 0.6 is 11.8 Å². The third-order valence-electron chi connectivity index (χ3n) is 8.20. The van der Waals surface area contributed by atoms with Crippen molar-refractivity contribution in [1.82, 2.24) is 0 Å². The lowest BCUT2D eigenvalue weighted by molar-refractivity contribution is -0.284. The van der Waals surface area contributed by atoms with Crippen molar-refractivity contribution < 1.29 is 46.8 Å². The van der Waals surface area contributed by atoms with Crippen molar-refractivity contribution >= 4 is 17.7 Å². The number of benzene rings is 2. The fraction of sp³-hybridized carbons (Fsp3) is 0.581. The van der Waals surface area contributed by atoms with Gasteiger partial charge < -0.3 is 20.1 Å². The summed E-state index contributed by atoms with van der Waals surface area (Å²) in [7, 11) is 0. The molecule has 1 aliphatic heterocycles. The van der Waals surface area contributed by atoms with Crippen LogP contribution in [0.1, 0.15) is 87.7 Å². The first-order chi connectivity index (χ1) is 19.8. The highest BCUT2D eigenvalue weighted by Gasteiger charge is 2.56. The van der Waals surface area contributed by atoms with Gasteiger partial charge in [-0.25, -0.2) is 0 Å². The number of fused-ring (bicyclic) bond motifs is 1. The Morgan fingerprint density at radius 3 is 2.14 bits per heavy atom. The first kappa shape index (κ1) is 33.8. The molecule has 234 valence electrons. The molecule has 0 saturated heterocycles. The van der Waals surface area contributed by atoms with Crippen molar-refractivity contribution in [2.75, 3.05) is 12.9 Å². The number of ether oxygens (including phenoxy) is 1. The SMILES string of the molecule is CS[C@]1(c2ccc(O)cc2)COc2cc(O)ccc2[C@H]1CCCCCCCC[C@H](CCCC(F)(F)C(F)(F)F)C(=O)O. The second-order valence-corrected chi connectivity index (χ2v) is 12.2. The molecule has 0 bridgehead atoms. The van der Waals surface area contributed by atoms with Crippen LogP contribution in [0.4, 0.5) is 22.0 Å². The van der Waals surface area contributed by atoms with Gasteiger partial charge in [-0.15, -0.1) is 11.8 Å². The minimum Gasteiger partial charge on any atom is -0.508 e. The number of rotatable bonds is 16. The summed E-state index contributed by atoms with van der Waals surface area (Å²) in [6.07, 6.45) is 0.419. The lowest BCUT2D eigenvalue weighted by atomic mass is 9.76. The zero-order valence-corrected chi connectivity index (χ0v) is 24.5. The molecule has 2 aromatic rings. The van der Waals surface area contributed by atoms with Crippen LogP contribution in [0.25, 0.3) is 0 Å². The average Bonchev–Trinajstić information content (AvgIpc) is 2.93. The predicted octanol–water partition coefficient (Wildman–Crippen LogP) is 9.02. The Morgan fingerprint density at radius 2 is 1.52 bits per heavy atom. The second-order valence-electron chi connectivity index (χ2n) is 11.0. The van der Waals surface area contributed by atoms with Crippen molar-refractivity contribution in [1.29, 1.82) is 0 Å². The number of phenols is 2. The molecule has 0 aliphatic carbocycles. The number of phenolic OH excluding ortho intramolecular Hbond substituents is 2. The number of unbranched alkanes of at least 4 members (excludes halogenated alkanes) is 5. The van der Waals surface area contributed by atoms with Gasteiger partial charge in [0, 0.05) is 18.4 Å². The maximum Gasteiger partial charge on any atom is 0.453 e. The fourth-order valence-electron chi connectivity index (χ4n) is 5.76. The van der Waals surface area contributed by atoms with Crippen molar-refractivity contribution in [2.45, 2.75) is 93.4 Å². The zero-order valence-electron chi connectivity index (χ0n) is 23.6. The molecule has 3 rings (SSSR count). The van der Waals surface area contributed by atoms with Gasteiger partial charge >= 0.3 is 18.1 Å². The molecule has 0 fully saturated rings. The van der Waals surface area contributed by atoms with Crippen molar-refractivity contribution in [3.8, 4) is 17.2 Å². The monoisotopic (exact) mass is 618 g/mol. The molecule has 1 aliphatic rings. The van der Waals surface area contributed by atoms with Gasteiger partial charge in [-0.2, -0.15) is 22.0 Å². The Balaban J connectivity index is 1.49. The first-order valence-corrected chi connectivity index (χ1v) is 15.5. The number of aliphatic carboxylic acids is 1. The molecule has 2 aromatic carbocycles. The van der Waals surface area contributed by atoms with Crippen molar-refractivity contribution in [3.63, 3.8) is 0 Å². The van der Waals surface area contributed by atoms with Crippen molar-refractivity contribution in [3.05, 3.63) is 53.6 Å². The molecule has 3 atom stereocenters. The lowest BCUT2D eigenvalue weighted by Gasteiger charge is -2.44. The number of carbonyl (C=O) groups is 1. The van der Waals surface area contributed by atoms with E-state index in [1.807, 2.05) is 24.5 Å². The van der Waals surface area contributed by atoms with Crippen LogP contribution in [-0.4, -0.2) is 46.3 Å². The number of hydrogen-bond donors (Lipinski definition) is 3. The van der Waals surface area contributed by atoms with Crippen LogP contribution in [-0.2, 0) is 9.54 Å². The van der Waals surface area contributed by atoms with E-state index in [4.69, 9.17) is 4.74 Å². The first-order valence-electron chi connectivity index (χ1n) is 14.3. The van der Waals surface area contributed by atoms with Gasteiger partial charge in [0.1, 0.15) is 23.9 Å². The number of thioether (sulfide) groups is 1. The van der Waals surface area contributed by atoms with Gasteiger partial charge in [-0.1, -0.05) is 56.7 Å². The molecule has 5 nitrogen and oxygen atoms in total. The second kappa shape index (κ2) is 14.7. The molecular formula is C31H39F5O5S. The molecule has 0 radical (unpaired) electrons.